The Morgan fingerprint density at radius 3 is 2.68 bits per heavy atom. The highest BCUT2D eigenvalue weighted by Crippen LogP contribution is 2.28. The van der Waals surface area contributed by atoms with Crippen molar-refractivity contribution in [2.75, 3.05) is 0 Å². The number of nitrogens with one attached hydrogen (secondary N) is 1. The van der Waals surface area contributed by atoms with Crippen LogP contribution in [0.15, 0.2) is 23.8 Å². The van der Waals surface area contributed by atoms with Crippen LogP contribution in [0.4, 0.5) is 0 Å². The van der Waals surface area contributed by atoms with Crippen molar-refractivity contribution in [3.05, 3.63) is 23.8 Å². The fourth-order valence-corrected chi connectivity index (χ4v) is 3.03. The maximum absolute atomic E-state index is 11.9. The summed E-state index contributed by atoms with van der Waals surface area (Å²) in [6.07, 6.45) is 9.85. The number of aliphatic hydroxyl groups excluding tert-OH is 1. The minimum atomic E-state index is -0.541. The van der Waals surface area contributed by atoms with E-state index in [1.54, 1.807) is 0 Å². The van der Waals surface area contributed by atoms with Gasteiger partial charge in [0, 0.05) is 12.0 Å². The second kappa shape index (κ2) is 9.14. The maximum atomic E-state index is 11.9. The third-order valence-electron chi connectivity index (χ3n) is 4.51. The Bertz CT molecular complexity index is 412. The molecule has 1 amide bonds. The summed E-state index contributed by atoms with van der Waals surface area (Å²) >= 11 is 0. The van der Waals surface area contributed by atoms with Gasteiger partial charge in [-0.25, -0.2) is 0 Å². The molecule has 126 valence electrons. The van der Waals surface area contributed by atoms with Crippen LogP contribution >= 0.6 is 0 Å². The first-order valence-corrected chi connectivity index (χ1v) is 8.67. The minimum Gasteiger partial charge on any atom is -0.392 e. The zero-order valence-electron chi connectivity index (χ0n) is 14.8. The molecular formula is C19H33NO2. The van der Waals surface area contributed by atoms with E-state index in [4.69, 9.17) is 0 Å². The third kappa shape index (κ3) is 5.60. The number of carbonyl (C=O) groups excluding carboxylic acids is 1. The van der Waals surface area contributed by atoms with Crippen molar-refractivity contribution < 1.29 is 9.90 Å². The van der Waals surface area contributed by atoms with Crippen LogP contribution in [-0.2, 0) is 4.79 Å². The molecule has 0 aromatic carbocycles. The zero-order valence-corrected chi connectivity index (χ0v) is 14.8. The van der Waals surface area contributed by atoms with E-state index in [-0.39, 0.29) is 23.8 Å². The van der Waals surface area contributed by atoms with Gasteiger partial charge in [-0.2, -0.15) is 0 Å². The monoisotopic (exact) mass is 307 g/mol. The van der Waals surface area contributed by atoms with E-state index in [1.807, 2.05) is 6.92 Å². The van der Waals surface area contributed by atoms with Crippen molar-refractivity contribution in [2.24, 2.45) is 17.8 Å². The predicted octanol–water partition coefficient (Wildman–Crippen LogP) is 3.84. The van der Waals surface area contributed by atoms with Crippen LogP contribution in [0, 0.1) is 17.8 Å². The van der Waals surface area contributed by atoms with Crippen molar-refractivity contribution in [1.29, 1.82) is 0 Å². The van der Waals surface area contributed by atoms with E-state index in [2.05, 4.69) is 51.2 Å². The predicted molar refractivity (Wildman–Crippen MR) is 92.5 cm³/mol. The van der Waals surface area contributed by atoms with Crippen molar-refractivity contribution in [1.82, 2.24) is 5.32 Å². The molecule has 0 radical (unpaired) electrons. The molecule has 4 atom stereocenters. The fraction of sp³-hybridized carbons (Fsp3) is 0.737. The molecule has 3 nitrogen and oxygen atoms in total. The average molecular weight is 307 g/mol. The number of hydrogen-bond acceptors (Lipinski definition) is 2. The molecule has 0 spiro atoms. The van der Waals surface area contributed by atoms with Gasteiger partial charge in [0.1, 0.15) is 0 Å². The Morgan fingerprint density at radius 2 is 2.09 bits per heavy atom. The highest BCUT2D eigenvalue weighted by Gasteiger charge is 2.39. The molecule has 0 bridgehead atoms. The van der Waals surface area contributed by atoms with Gasteiger partial charge in [0.15, 0.2) is 0 Å². The number of aliphatic hydroxyl groups is 1. The SMILES string of the molecule is CCCC1NC(=O)C(C)C(O)C1C/C=C(\C)C/C=C/C(C)C. The van der Waals surface area contributed by atoms with Crippen molar-refractivity contribution in [3.8, 4) is 0 Å². The van der Waals surface area contributed by atoms with Crippen LogP contribution in [0.2, 0.25) is 0 Å². The van der Waals surface area contributed by atoms with Crippen LogP contribution in [0.25, 0.3) is 0 Å². The summed E-state index contributed by atoms with van der Waals surface area (Å²) in [5, 5.41) is 13.5. The molecule has 2 N–H and O–H groups in total. The van der Waals surface area contributed by atoms with Crippen LogP contribution in [0.5, 0.6) is 0 Å². The summed E-state index contributed by atoms with van der Waals surface area (Å²) in [6.45, 7) is 10.4. The Balaban J connectivity index is 2.68. The number of amides is 1. The molecule has 0 aromatic rings. The van der Waals surface area contributed by atoms with Crippen LogP contribution in [-0.4, -0.2) is 23.2 Å². The van der Waals surface area contributed by atoms with Gasteiger partial charge in [-0.15, -0.1) is 0 Å². The molecule has 1 saturated heterocycles. The number of rotatable bonds is 7. The molecule has 0 aromatic heterocycles. The first kappa shape index (κ1) is 19.0. The lowest BCUT2D eigenvalue weighted by atomic mass is 9.78. The van der Waals surface area contributed by atoms with Crippen LogP contribution in [0.3, 0.4) is 0 Å². The summed E-state index contributed by atoms with van der Waals surface area (Å²) in [7, 11) is 0. The quantitative estimate of drug-likeness (QED) is 0.702. The highest BCUT2D eigenvalue weighted by molar-refractivity contribution is 5.80. The van der Waals surface area contributed by atoms with E-state index >= 15 is 0 Å². The fourth-order valence-electron chi connectivity index (χ4n) is 3.03. The molecule has 22 heavy (non-hydrogen) atoms. The standard InChI is InChI=1S/C19H33NO2/c1-6-8-17-16(18(21)15(5)19(22)20-17)12-11-14(4)10-7-9-13(2)3/h7,9,11,13,15-18,21H,6,8,10,12H2,1-5H3,(H,20,22)/b9-7+,14-11+. The van der Waals surface area contributed by atoms with Crippen LogP contribution < -0.4 is 5.32 Å². The first-order chi connectivity index (χ1) is 10.4. The van der Waals surface area contributed by atoms with Gasteiger partial charge >= 0.3 is 0 Å². The maximum Gasteiger partial charge on any atom is 0.225 e. The van der Waals surface area contributed by atoms with Gasteiger partial charge in [0.05, 0.1) is 12.0 Å². The van der Waals surface area contributed by atoms with E-state index in [0.717, 1.165) is 25.7 Å². The lowest BCUT2D eigenvalue weighted by Crippen LogP contribution is -2.56. The highest BCUT2D eigenvalue weighted by atomic mass is 16.3. The van der Waals surface area contributed by atoms with Gasteiger partial charge in [0.2, 0.25) is 5.91 Å². The topological polar surface area (TPSA) is 49.3 Å². The molecule has 1 fully saturated rings. The Morgan fingerprint density at radius 1 is 1.41 bits per heavy atom. The normalized spacial score (nSPS) is 30.1. The molecule has 1 heterocycles. The second-order valence-corrected chi connectivity index (χ2v) is 7.01. The number of carbonyl (C=O) groups is 1. The largest absolute Gasteiger partial charge is 0.392 e. The lowest BCUT2D eigenvalue weighted by molar-refractivity contribution is -0.136. The minimum absolute atomic E-state index is 0.0113. The molecule has 4 unspecified atom stereocenters. The third-order valence-corrected chi connectivity index (χ3v) is 4.51. The number of hydrogen-bond donors (Lipinski definition) is 2. The molecule has 1 rings (SSSR count). The molecule has 1 aliphatic rings. The Labute approximate surface area is 135 Å². The first-order valence-electron chi connectivity index (χ1n) is 8.67. The van der Waals surface area contributed by atoms with Gasteiger partial charge < -0.3 is 10.4 Å². The lowest BCUT2D eigenvalue weighted by Gasteiger charge is -2.39. The summed E-state index contributed by atoms with van der Waals surface area (Å²) in [4.78, 5) is 11.9. The van der Waals surface area contributed by atoms with Crippen LogP contribution in [0.1, 0.15) is 60.3 Å². The van der Waals surface area contributed by atoms with E-state index in [1.165, 1.54) is 5.57 Å². The van der Waals surface area contributed by atoms with Gasteiger partial charge in [-0.05, 0) is 32.1 Å². The van der Waals surface area contributed by atoms with Gasteiger partial charge in [0.25, 0.3) is 0 Å². The Hall–Kier alpha value is -1.09. The second-order valence-electron chi connectivity index (χ2n) is 7.01. The van der Waals surface area contributed by atoms with Crippen molar-refractivity contribution >= 4 is 5.91 Å². The summed E-state index contributed by atoms with van der Waals surface area (Å²) in [5.41, 5.74) is 1.32. The van der Waals surface area contributed by atoms with Gasteiger partial charge in [-0.3, -0.25) is 4.79 Å². The smallest absolute Gasteiger partial charge is 0.225 e. The van der Waals surface area contributed by atoms with E-state index in [0.29, 0.717) is 5.92 Å². The number of piperidine rings is 1. The number of allylic oxidation sites excluding steroid dienone is 4. The van der Waals surface area contributed by atoms with Crippen molar-refractivity contribution in [3.63, 3.8) is 0 Å². The molecule has 1 aliphatic heterocycles. The summed E-state index contributed by atoms with van der Waals surface area (Å²) in [5.74, 6) is 0.380. The van der Waals surface area contributed by atoms with Gasteiger partial charge in [-0.1, -0.05) is 57.9 Å². The van der Waals surface area contributed by atoms with E-state index < -0.39 is 6.10 Å². The average Bonchev–Trinajstić information content (AvgIpc) is 2.44. The molecule has 0 aliphatic carbocycles. The van der Waals surface area contributed by atoms with E-state index in [9.17, 15) is 9.90 Å². The Kier molecular flexibility index (Phi) is 7.88. The summed E-state index contributed by atoms with van der Waals surface area (Å²) in [6, 6.07) is 0.0963. The molecular weight excluding hydrogens is 274 g/mol. The molecule has 0 saturated carbocycles. The van der Waals surface area contributed by atoms with Crippen molar-refractivity contribution in [2.45, 2.75) is 72.4 Å². The summed E-state index contributed by atoms with van der Waals surface area (Å²) < 4.78 is 0. The molecule has 3 heteroatoms. The zero-order chi connectivity index (χ0) is 16.7.